The summed E-state index contributed by atoms with van der Waals surface area (Å²) in [6.45, 7) is 14.8. The molecule has 76 heavy (non-hydrogen) atoms. The van der Waals surface area contributed by atoms with E-state index in [0.29, 0.717) is 73.6 Å². The first-order valence-corrected chi connectivity index (χ1v) is 24.3. The quantitative estimate of drug-likeness (QED) is 0.0841. The fourth-order valence-corrected chi connectivity index (χ4v) is 8.97. The molecule has 2 aromatic carbocycles. The fourth-order valence-electron chi connectivity index (χ4n) is 8.97. The summed E-state index contributed by atoms with van der Waals surface area (Å²) in [5.41, 5.74) is 7.72. The van der Waals surface area contributed by atoms with Gasteiger partial charge in [0.05, 0.1) is 39.2 Å². The number of aromatic amines is 1. The first-order chi connectivity index (χ1) is 35.6. The first kappa shape index (κ1) is 54.9. The van der Waals surface area contributed by atoms with Crippen molar-refractivity contribution in [3.05, 3.63) is 178 Å². The number of aliphatic hydroxyl groups is 1. The number of nitrogens with zero attached hydrogens (tertiary/aromatic N) is 11. The normalized spacial score (nSPS) is 13.8. The molecule has 0 spiro atoms. The molecule has 1 unspecified atom stereocenters. The second-order valence-corrected chi connectivity index (χ2v) is 19.5. The Morgan fingerprint density at radius 3 is 1.93 bits per heavy atom. The van der Waals surface area contributed by atoms with Gasteiger partial charge in [0, 0.05) is 47.1 Å². The second-order valence-electron chi connectivity index (χ2n) is 19.5. The second kappa shape index (κ2) is 22.4. The zero-order valence-electron chi connectivity index (χ0n) is 43.3. The van der Waals surface area contributed by atoms with Gasteiger partial charge in [-0.05, 0) is 146 Å². The molecule has 0 radical (unpaired) electrons. The van der Waals surface area contributed by atoms with E-state index in [1.54, 1.807) is 54.9 Å². The molecule has 1 atom stereocenters. The molecular formula is C56H53BrMgN12O6. The average Bonchev–Trinajstić information content (AvgIpc) is 4.31. The third-order valence-corrected chi connectivity index (χ3v) is 12.7. The number of hydrogen-bond acceptors (Lipinski definition) is 16. The molecule has 0 aliphatic heterocycles. The predicted octanol–water partition coefficient (Wildman–Crippen LogP) is 6.98. The van der Waals surface area contributed by atoms with Crippen LogP contribution in [0.4, 0.5) is 4.79 Å². The minimum absolute atomic E-state index is 0. The Labute approximate surface area is 464 Å². The Morgan fingerprint density at radius 2 is 1.41 bits per heavy atom. The molecule has 2 saturated carbocycles. The predicted molar refractivity (Wildman–Crippen MR) is 279 cm³/mol. The smallest absolute Gasteiger partial charge is 1.00 e. The van der Waals surface area contributed by atoms with Gasteiger partial charge in [-0.1, -0.05) is 35.2 Å². The first-order valence-electron chi connectivity index (χ1n) is 24.3. The van der Waals surface area contributed by atoms with E-state index in [0.717, 1.165) is 65.1 Å². The van der Waals surface area contributed by atoms with E-state index in [2.05, 4.69) is 51.9 Å². The Hall–Kier alpha value is -7.39. The topological polar surface area (TPSA) is 239 Å². The Balaban J connectivity index is 0.000000174. The number of H-pyrrole nitrogens is 1. The van der Waals surface area contributed by atoms with Crippen LogP contribution in [-0.2, 0) is 10.3 Å². The number of hydrogen-bond donors (Lipinski definition) is 2. The van der Waals surface area contributed by atoms with Crippen molar-refractivity contribution in [2.45, 2.75) is 104 Å². The van der Waals surface area contributed by atoms with E-state index < -0.39 is 17.3 Å². The van der Waals surface area contributed by atoms with E-state index in [1.165, 1.54) is 10.8 Å². The number of rotatable bonds is 9. The number of ketones is 1. The number of fused-ring (bicyclic) bond motifs is 2. The summed E-state index contributed by atoms with van der Waals surface area (Å²) in [5.74, 6) is 3.09. The number of ether oxygens (including phenoxy) is 1. The number of carbonyl (C=O) groups is 2. The summed E-state index contributed by atoms with van der Waals surface area (Å²) in [7, 11) is 0. The molecule has 8 heterocycles. The fraction of sp³-hybridized carbons (Fsp3) is 0.286. The van der Waals surface area contributed by atoms with Gasteiger partial charge in [0.25, 0.3) is 0 Å². The average molecular weight is 1090 g/mol. The van der Waals surface area contributed by atoms with Gasteiger partial charge in [-0.15, -0.1) is 5.10 Å². The molecule has 0 bridgehead atoms. The minimum atomic E-state index is -1.67. The van der Waals surface area contributed by atoms with Gasteiger partial charge < -0.3 is 45.8 Å². The molecule has 382 valence electrons. The zero-order chi connectivity index (χ0) is 51.9. The van der Waals surface area contributed by atoms with Crippen LogP contribution in [-0.4, -0.2) is 106 Å². The molecule has 2 N–H and O–H groups in total. The van der Waals surface area contributed by atoms with E-state index in [4.69, 9.17) is 23.8 Å². The summed E-state index contributed by atoms with van der Waals surface area (Å²) < 4.78 is 18.0. The summed E-state index contributed by atoms with van der Waals surface area (Å²) >= 11 is 0. The van der Waals surface area contributed by atoms with Crippen LogP contribution < -0.4 is 17.0 Å². The van der Waals surface area contributed by atoms with Crippen molar-refractivity contribution in [1.29, 1.82) is 0 Å². The number of pyridine rings is 2. The maximum Gasteiger partial charge on any atom is 2.00 e. The van der Waals surface area contributed by atoms with Gasteiger partial charge >= 0.3 is 29.1 Å². The molecular weight excluding hydrogens is 1040 g/mol. The molecule has 2 fully saturated rings. The van der Waals surface area contributed by atoms with Crippen LogP contribution in [0.1, 0.15) is 132 Å². The maximum atomic E-state index is 13.5. The summed E-state index contributed by atoms with van der Waals surface area (Å²) in [5, 5.41) is 36.7. The van der Waals surface area contributed by atoms with Gasteiger partial charge in [-0.2, -0.15) is 33.5 Å². The largest absolute Gasteiger partial charge is 2.00 e. The molecule has 0 amide bonds. The van der Waals surface area contributed by atoms with E-state index in [-0.39, 0.29) is 57.4 Å². The standard InChI is InChI=1S/C25H22N6O2.C25H25N5O4.C6H6N.BrH.Mg/c1-14-22(15(2)33-31-14)17-12-18(23-19(13-17)28-24(29-23)16-8-9-16)25(32,20-6-3-4-10-26-20)21-7-5-11-27-30-21;1-13-20(14(2)34-29-13)16-11-17(22(31)18-7-6-10-26-28-18)21-19(12-16)30(23(27-21)15-8-9-15)24(32)33-25(3,4)5;1-6-4-2-3-5-7-6;;/h3-7,10-13,16,32H,8-9H2,1-2H3,(H,28,29);6-7,10-12,15H,8-9H2,1-5H3;2-4H,1H3;1H;/q;;-1;;+2/p-1. The van der Waals surface area contributed by atoms with E-state index in [9.17, 15) is 14.7 Å². The third-order valence-electron chi connectivity index (χ3n) is 12.7. The molecule has 0 saturated heterocycles. The number of aromatic nitrogens is 12. The van der Waals surface area contributed by atoms with Crippen molar-refractivity contribution in [2.75, 3.05) is 0 Å². The van der Waals surface area contributed by atoms with Crippen molar-refractivity contribution in [2.24, 2.45) is 0 Å². The number of halogens is 1. The molecule has 2 aliphatic rings. The van der Waals surface area contributed by atoms with Crippen molar-refractivity contribution < 1.29 is 45.5 Å². The van der Waals surface area contributed by atoms with Crippen LogP contribution in [0.5, 0.6) is 0 Å². The minimum Gasteiger partial charge on any atom is -1.00 e. The van der Waals surface area contributed by atoms with Crippen molar-refractivity contribution in [3.63, 3.8) is 0 Å². The molecule has 8 aromatic heterocycles. The van der Waals surface area contributed by atoms with Crippen LogP contribution in [0.3, 0.4) is 0 Å². The monoisotopic (exact) mass is 1090 g/mol. The molecule has 20 heteroatoms. The molecule has 18 nitrogen and oxygen atoms in total. The van der Waals surface area contributed by atoms with E-state index >= 15 is 0 Å². The number of imidazole rings is 2. The van der Waals surface area contributed by atoms with Gasteiger partial charge in [0.1, 0.15) is 45.7 Å². The third kappa shape index (κ3) is 11.3. The Bertz CT molecular complexity index is 3590. The van der Waals surface area contributed by atoms with Crippen molar-refractivity contribution in [1.82, 2.24) is 60.2 Å². The summed E-state index contributed by atoms with van der Waals surface area (Å²) in [6.07, 6.45) is 11.0. The van der Waals surface area contributed by atoms with Crippen LogP contribution in [0.15, 0.2) is 113 Å². The van der Waals surface area contributed by atoms with Crippen LogP contribution in [0, 0.1) is 40.8 Å². The number of aryl methyl sites for hydroxylation is 5. The van der Waals surface area contributed by atoms with Crippen LogP contribution in [0.25, 0.3) is 44.3 Å². The molecule has 2 aliphatic carbocycles. The summed E-state index contributed by atoms with van der Waals surface area (Å²) in [4.78, 5) is 48.4. The van der Waals surface area contributed by atoms with Gasteiger partial charge in [-0.25, -0.2) is 19.3 Å². The van der Waals surface area contributed by atoms with Crippen LogP contribution >= 0.6 is 0 Å². The SMILES string of the molecule is Cc1ccc[c-]n1.Cc1noc(C)c1-c1cc(C(=O)c2cccnn2)c2nc(C3CC3)n(C(=O)OC(C)(C)C)c2c1.Cc1noc(C)c1-c1cc(C(O)(c2ccccn2)c2cccnn2)c2nc(C3CC3)[nH]c2c1.[Br-].[Mg+2]. The number of benzene rings is 2. The van der Waals surface area contributed by atoms with Gasteiger partial charge in [-0.3, -0.25) is 9.78 Å². The summed E-state index contributed by atoms with van der Waals surface area (Å²) in [6, 6.07) is 25.5. The maximum absolute atomic E-state index is 13.5. The number of nitrogens with one attached hydrogen (secondary N) is 1. The van der Waals surface area contributed by atoms with Crippen molar-refractivity contribution >= 4 is 57.0 Å². The number of carbonyl (C=O) groups excluding carboxylic acids is 2. The van der Waals surface area contributed by atoms with Gasteiger partial charge in [0.15, 0.2) is 5.60 Å². The molecule has 10 aromatic rings. The Kier molecular flexibility index (Phi) is 16.2. The van der Waals surface area contributed by atoms with Crippen molar-refractivity contribution in [3.8, 4) is 22.3 Å². The zero-order valence-corrected chi connectivity index (χ0v) is 46.3. The Morgan fingerprint density at radius 1 is 0.750 bits per heavy atom. The van der Waals surface area contributed by atoms with Gasteiger partial charge in [0.2, 0.25) is 5.78 Å². The molecule has 12 rings (SSSR count). The van der Waals surface area contributed by atoms with E-state index in [1.807, 2.05) is 97.9 Å². The van der Waals surface area contributed by atoms with Crippen LogP contribution in [0.2, 0.25) is 0 Å².